The highest BCUT2D eigenvalue weighted by Crippen LogP contribution is 2.32. The molecule has 3 aromatic rings. The molecule has 1 radical (unpaired) electrons. The molecule has 1 heterocycles. The van der Waals surface area contributed by atoms with E-state index < -0.39 is 0 Å². The fourth-order valence-corrected chi connectivity index (χ4v) is 2.85. The zero-order valence-corrected chi connectivity index (χ0v) is 10.7. The summed E-state index contributed by atoms with van der Waals surface area (Å²) in [5.41, 5.74) is 3.88. The summed E-state index contributed by atoms with van der Waals surface area (Å²) in [5.74, 6) is 0.290. The second-order valence-corrected chi connectivity index (χ2v) is 4.94. The number of thiophene rings is 1. The molecule has 0 spiro atoms. The van der Waals surface area contributed by atoms with Crippen molar-refractivity contribution in [2.45, 2.75) is 5.92 Å². The molecule has 0 bridgehead atoms. The topological polar surface area (TPSA) is 0 Å². The zero-order valence-electron chi connectivity index (χ0n) is 9.91. The van der Waals surface area contributed by atoms with Crippen LogP contribution in [0.15, 0.2) is 72.1 Å². The molecular formula is C17H13S. The number of hydrogen-bond donors (Lipinski definition) is 0. The SMILES string of the molecule is [c]1sccc1C(c1ccccc1)c1ccccc1. The maximum atomic E-state index is 3.38. The van der Waals surface area contributed by atoms with Gasteiger partial charge in [0.2, 0.25) is 0 Å². The van der Waals surface area contributed by atoms with E-state index >= 15 is 0 Å². The van der Waals surface area contributed by atoms with Crippen LogP contribution >= 0.6 is 11.3 Å². The molecule has 0 nitrogen and oxygen atoms in total. The van der Waals surface area contributed by atoms with Crippen LogP contribution in [0.2, 0.25) is 0 Å². The summed E-state index contributed by atoms with van der Waals surface area (Å²) >= 11 is 1.63. The van der Waals surface area contributed by atoms with Gasteiger partial charge < -0.3 is 0 Å². The minimum absolute atomic E-state index is 0.290. The summed E-state index contributed by atoms with van der Waals surface area (Å²) in [6.07, 6.45) is 0. The van der Waals surface area contributed by atoms with Crippen LogP contribution in [0.4, 0.5) is 0 Å². The Labute approximate surface area is 112 Å². The van der Waals surface area contributed by atoms with Gasteiger partial charge in [-0.1, -0.05) is 60.7 Å². The van der Waals surface area contributed by atoms with E-state index in [1.54, 1.807) is 11.3 Å². The highest BCUT2D eigenvalue weighted by Gasteiger charge is 2.16. The maximum Gasteiger partial charge on any atom is 0.0487 e. The van der Waals surface area contributed by atoms with Crippen LogP contribution in [0, 0.1) is 5.38 Å². The van der Waals surface area contributed by atoms with E-state index in [1.807, 2.05) is 0 Å². The highest BCUT2D eigenvalue weighted by atomic mass is 32.1. The van der Waals surface area contributed by atoms with Crippen LogP contribution in [0.1, 0.15) is 22.6 Å². The molecular weight excluding hydrogens is 236 g/mol. The Morgan fingerprint density at radius 3 is 1.72 bits per heavy atom. The average Bonchev–Trinajstić information content (AvgIpc) is 2.95. The van der Waals surface area contributed by atoms with Gasteiger partial charge in [0.1, 0.15) is 0 Å². The van der Waals surface area contributed by atoms with Gasteiger partial charge >= 0.3 is 0 Å². The molecule has 0 fully saturated rings. The van der Waals surface area contributed by atoms with Crippen molar-refractivity contribution >= 4 is 11.3 Å². The number of rotatable bonds is 3. The Morgan fingerprint density at radius 2 is 1.28 bits per heavy atom. The van der Waals surface area contributed by atoms with E-state index in [-0.39, 0.29) is 0 Å². The van der Waals surface area contributed by atoms with E-state index in [1.165, 1.54) is 16.7 Å². The van der Waals surface area contributed by atoms with Crippen LogP contribution in [0.3, 0.4) is 0 Å². The lowest BCUT2D eigenvalue weighted by atomic mass is 9.87. The smallest absolute Gasteiger partial charge is 0.0487 e. The third-order valence-corrected chi connectivity index (χ3v) is 3.69. The highest BCUT2D eigenvalue weighted by molar-refractivity contribution is 7.07. The first-order valence-electron chi connectivity index (χ1n) is 6.00. The summed E-state index contributed by atoms with van der Waals surface area (Å²) in [4.78, 5) is 0. The van der Waals surface area contributed by atoms with Crippen molar-refractivity contribution < 1.29 is 0 Å². The van der Waals surface area contributed by atoms with E-state index in [4.69, 9.17) is 0 Å². The van der Waals surface area contributed by atoms with Crippen molar-refractivity contribution in [1.29, 1.82) is 0 Å². The average molecular weight is 249 g/mol. The molecule has 0 saturated heterocycles. The van der Waals surface area contributed by atoms with Gasteiger partial charge in [-0.15, -0.1) is 11.3 Å². The third kappa shape index (κ3) is 2.22. The maximum absolute atomic E-state index is 3.38. The summed E-state index contributed by atoms with van der Waals surface area (Å²) in [6.45, 7) is 0. The van der Waals surface area contributed by atoms with Gasteiger partial charge in [-0.05, 0) is 28.1 Å². The van der Waals surface area contributed by atoms with Crippen LogP contribution in [0.5, 0.6) is 0 Å². The predicted octanol–water partition coefficient (Wildman–Crippen LogP) is 4.73. The zero-order chi connectivity index (χ0) is 12.2. The molecule has 3 rings (SSSR count). The van der Waals surface area contributed by atoms with E-state index in [0.29, 0.717) is 5.92 Å². The van der Waals surface area contributed by atoms with Gasteiger partial charge in [0, 0.05) is 11.3 Å². The fourth-order valence-electron chi connectivity index (χ4n) is 2.24. The quantitative estimate of drug-likeness (QED) is 0.629. The lowest BCUT2D eigenvalue weighted by Gasteiger charge is -2.16. The number of hydrogen-bond acceptors (Lipinski definition) is 1. The minimum atomic E-state index is 0.290. The second-order valence-electron chi connectivity index (χ2n) is 4.23. The van der Waals surface area contributed by atoms with Crippen molar-refractivity contribution in [2.75, 3.05) is 0 Å². The molecule has 2 aromatic carbocycles. The van der Waals surface area contributed by atoms with Crippen molar-refractivity contribution in [3.8, 4) is 0 Å². The molecule has 0 amide bonds. The van der Waals surface area contributed by atoms with Crippen LogP contribution in [-0.2, 0) is 0 Å². The lowest BCUT2D eigenvalue weighted by molar-refractivity contribution is 0.983. The molecule has 0 aliphatic rings. The fraction of sp³-hybridized carbons (Fsp3) is 0.0588. The van der Waals surface area contributed by atoms with Crippen molar-refractivity contribution in [3.63, 3.8) is 0 Å². The predicted molar refractivity (Wildman–Crippen MR) is 77.0 cm³/mol. The minimum Gasteiger partial charge on any atom is -0.143 e. The second kappa shape index (κ2) is 5.19. The lowest BCUT2D eigenvalue weighted by Crippen LogP contribution is -2.01. The van der Waals surface area contributed by atoms with Gasteiger partial charge in [-0.2, -0.15) is 0 Å². The van der Waals surface area contributed by atoms with Crippen LogP contribution in [0.25, 0.3) is 0 Å². The molecule has 0 unspecified atom stereocenters. The Kier molecular flexibility index (Phi) is 3.24. The first-order valence-corrected chi connectivity index (χ1v) is 6.88. The molecule has 0 aliphatic carbocycles. The first kappa shape index (κ1) is 11.2. The van der Waals surface area contributed by atoms with Gasteiger partial charge in [0.25, 0.3) is 0 Å². The summed E-state index contributed by atoms with van der Waals surface area (Å²) < 4.78 is 0. The van der Waals surface area contributed by atoms with Gasteiger partial charge in [0.05, 0.1) is 0 Å². The van der Waals surface area contributed by atoms with Crippen LogP contribution < -0.4 is 0 Å². The van der Waals surface area contributed by atoms with Crippen molar-refractivity contribution in [1.82, 2.24) is 0 Å². The summed E-state index contributed by atoms with van der Waals surface area (Å²) in [6, 6.07) is 23.4. The molecule has 0 atom stereocenters. The summed E-state index contributed by atoms with van der Waals surface area (Å²) in [5, 5.41) is 5.47. The Balaban J connectivity index is 2.11. The van der Waals surface area contributed by atoms with Gasteiger partial charge in [-0.25, -0.2) is 0 Å². The molecule has 0 N–H and O–H groups in total. The molecule has 1 heteroatoms. The third-order valence-electron chi connectivity index (χ3n) is 3.07. The van der Waals surface area contributed by atoms with E-state index in [2.05, 4.69) is 77.5 Å². The molecule has 1 aromatic heterocycles. The van der Waals surface area contributed by atoms with Crippen molar-refractivity contribution in [2.24, 2.45) is 0 Å². The molecule has 18 heavy (non-hydrogen) atoms. The Morgan fingerprint density at radius 1 is 0.722 bits per heavy atom. The molecule has 0 aliphatic heterocycles. The van der Waals surface area contributed by atoms with Crippen LogP contribution in [-0.4, -0.2) is 0 Å². The Hall–Kier alpha value is -1.86. The van der Waals surface area contributed by atoms with E-state index in [9.17, 15) is 0 Å². The normalized spacial score (nSPS) is 10.7. The monoisotopic (exact) mass is 249 g/mol. The van der Waals surface area contributed by atoms with Crippen molar-refractivity contribution in [3.05, 3.63) is 94.2 Å². The Bertz CT molecular complexity index is 543. The van der Waals surface area contributed by atoms with Gasteiger partial charge in [0.15, 0.2) is 0 Å². The molecule has 0 saturated carbocycles. The first-order chi connectivity index (χ1) is 8.95. The summed E-state index contributed by atoms with van der Waals surface area (Å²) in [7, 11) is 0. The van der Waals surface area contributed by atoms with Gasteiger partial charge in [-0.3, -0.25) is 0 Å². The molecule has 87 valence electrons. The number of benzene rings is 2. The standard InChI is InChI=1S/C17H13S/c1-3-7-14(8-4-1)17(16-11-12-18-13-16)15-9-5-2-6-10-15/h1-12,17H. The van der Waals surface area contributed by atoms with E-state index in [0.717, 1.165) is 0 Å². The largest absolute Gasteiger partial charge is 0.143 e.